The van der Waals surface area contributed by atoms with Crippen LogP contribution in [0.5, 0.6) is 0 Å². The first-order chi connectivity index (χ1) is 12.9. The number of fused-ring (bicyclic) bond motifs is 1. The predicted octanol–water partition coefficient (Wildman–Crippen LogP) is 2.28. The summed E-state index contributed by atoms with van der Waals surface area (Å²) in [6.45, 7) is 6.70. The minimum absolute atomic E-state index is 0.329. The lowest BCUT2D eigenvalue weighted by Crippen LogP contribution is -2.43. The molecule has 0 spiro atoms. The van der Waals surface area contributed by atoms with Crippen molar-refractivity contribution in [1.82, 2.24) is 14.9 Å². The Bertz CT molecular complexity index is 777. The lowest BCUT2D eigenvalue weighted by Gasteiger charge is -2.22. The fraction of sp³-hybridized carbons (Fsp3) is 0.650. The molecule has 0 radical (unpaired) electrons. The third-order valence-electron chi connectivity index (χ3n) is 5.82. The van der Waals surface area contributed by atoms with Gasteiger partial charge in [0.15, 0.2) is 5.96 Å². The molecule has 2 fully saturated rings. The lowest BCUT2D eigenvalue weighted by molar-refractivity contribution is 0.299. The van der Waals surface area contributed by atoms with Crippen LogP contribution in [0.25, 0.3) is 0 Å². The van der Waals surface area contributed by atoms with Gasteiger partial charge in [-0.1, -0.05) is 25.0 Å². The second-order valence-corrected chi connectivity index (χ2v) is 9.59. The van der Waals surface area contributed by atoms with Crippen LogP contribution in [0.15, 0.2) is 28.1 Å². The molecular weight excluding hydrogens is 360 g/mol. The molecule has 1 aliphatic heterocycles. The molecule has 150 valence electrons. The highest BCUT2D eigenvalue weighted by Gasteiger charge is 2.35. The lowest BCUT2D eigenvalue weighted by atomic mass is 9.82. The summed E-state index contributed by atoms with van der Waals surface area (Å²) in [4.78, 5) is 7.09. The number of rotatable bonds is 5. The maximum atomic E-state index is 12.6. The van der Waals surface area contributed by atoms with Gasteiger partial charge in [0.2, 0.25) is 10.0 Å². The van der Waals surface area contributed by atoms with E-state index in [1.807, 2.05) is 26.0 Å². The van der Waals surface area contributed by atoms with Gasteiger partial charge in [0.25, 0.3) is 0 Å². The Balaban J connectivity index is 1.51. The molecule has 0 bridgehead atoms. The molecule has 0 amide bonds. The summed E-state index contributed by atoms with van der Waals surface area (Å²) in [6, 6.07) is 5.49. The number of aryl methyl sites for hydroxylation is 2. The van der Waals surface area contributed by atoms with Gasteiger partial charge >= 0.3 is 0 Å². The van der Waals surface area contributed by atoms with Crippen LogP contribution in [0.4, 0.5) is 0 Å². The molecule has 1 saturated carbocycles. The van der Waals surface area contributed by atoms with Gasteiger partial charge in [-0.2, -0.15) is 0 Å². The molecule has 27 heavy (non-hydrogen) atoms. The SMILES string of the molecule is CN=C(NCCNS(=O)(=O)c1cc(C)ccc1C)N1CC2CCCCC2C1. The highest BCUT2D eigenvalue weighted by molar-refractivity contribution is 7.89. The average molecular weight is 393 g/mol. The largest absolute Gasteiger partial charge is 0.355 e. The van der Waals surface area contributed by atoms with E-state index in [1.165, 1.54) is 25.7 Å². The summed E-state index contributed by atoms with van der Waals surface area (Å²) in [5.41, 5.74) is 1.70. The number of guanidine groups is 1. The second-order valence-electron chi connectivity index (χ2n) is 7.85. The molecule has 6 nitrogen and oxygen atoms in total. The van der Waals surface area contributed by atoms with Crippen molar-refractivity contribution in [2.75, 3.05) is 33.2 Å². The molecule has 1 heterocycles. The van der Waals surface area contributed by atoms with Gasteiger partial charge in [-0.05, 0) is 55.7 Å². The highest BCUT2D eigenvalue weighted by Crippen LogP contribution is 2.35. The van der Waals surface area contributed by atoms with Crippen LogP contribution < -0.4 is 10.0 Å². The molecular formula is C20H32N4O2S. The van der Waals surface area contributed by atoms with Crippen molar-refractivity contribution in [3.8, 4) is 0 Å². The van der Waals surface area contributed by atoms with E-state index < -0.39 is 10.0 Å². The fourth-order valence-corrected chi connectivity index (χ4v) is 5.70. The number of aliphatic imine (C=N–C) groups is 1. The van der Waals surface area contributed by atoms with E-state index in [1.54, 1.807) is 13.1 Å². The number of benzene rings is 1. The molecule has 3 rings (SSSR count). The maximum Gasteiger partial charge on any atom is 0.240 e. The number of hydrogen-bond donors (Lipinski definition) is 2. The van der Waals surface area contributed by atoms with E-state index in [4.69, 9.17) is 0 Å². The zero-order chi connectivity index (χ0) is 19.4. The van der Waals surface area contributed by atoms with E-state index in [9.17, 15) is 8.42 Å². The molecule has 2 unspecified atom stereocenters. The van der Waals surface area contributed by atoms with Gasteiger partial charge in [0.1, 0.15) is 0 Å². The molecule has 7 heteroatoms. The molecule has 0 aromatic heterocycles. The molecule has 1 saturated heterocycles. The van der Waals surface area contributed by atoms with Crippen molar-refractivity contribution in [2.24, 2.45) is 16.8 Å². The number of sulfonamides is 1. The van der Waals surface area contributed by atoms with Crippen LogP contribution in [-0.2, 0) is 10.0 Å². The summed E-state index contributed by atoms with van der Waals surface area (Å²) in [5.74, 6) is 2.47. The monoisotopic (exact) mass is 392 g/mol. The Kier molecular flexibility index (Phi) is 6.42. The third-order valence-corrected chi connectivity index (χ3v) is 7.42. The van der Waals surface area contributed by atoms with Gasteiger partial charge in [0, 0.05) is 33.2 Å². The van der Waals surface area contributed by atoms with Gasteiger partial charge in [-0.15, -0.1) is 0 Å². The van der Waals surface area contributed by atoms with E-state index in [0.717, 1.165) is 42.0 Å². The summed E-state index contributed by atoms with van der Waals surface area (Å²) in [6.07, 6.45) is 5.35. The van der Waals surface area contributed by atoms with E-state index in [0.29, 0.717) is 18.0 Å². The van der Waals surface area contributed by atoms with Gasteiger partial charge < -0.3 is 10.2 Å². The Morgan fingerprint density at radius 3 is 2.44 bits per heavy atom. The summed E-state index contributed by atoms with van der Waals surface area (Å²) in [7, 11) is -1.70. The van der Waals surface area contributed by atoms with Crippen molar-refractivity contribution in [3.05, 3.63) is 29.3 Å². The first-order valence-electron chi connectivity index (χ1n) is 9.93. The van der Waals surface area contributed by atoms with E-state index in [2.05, 4.69) is 19.9 Å². The van der Waals surface area contributed by atoms with Crippen LogP contribution in [-0.4, -0.2) is 52.5 Å². The van der Waals surface area contributed by atoms with Crippen molar-refractivity contribution in [3.63, 3.8) is 0 Å². The minimum Gasteiger partial charge on any atom is -0.355 e. The van der Waals surface area contributed by atoms with Gasteiger partial charge in [-0.25, -0.2) is 13.1 Å². The normalized spacial score (nSPS) is 23.4. The third kappa shape index (κ3) is 4.82. The molecule has 1 aromatic rings. The van der Waals surface area contributed by atoms with Gasteiger partial charge in [-0.3, -0.25) is 4.99 Å². The topological polar surface area (TPSA) is 73.8 Å². The Morgan fingerprint density at radius 1 is 1.15 bits per heavy atom. The van der Waals surface area contributed by atoms with E-state index >= 15 is 0 Å². The average Bonchev–Trinajstić information content (AvgIpc) is 3.07. The molecule has 1 aliphatic carbocycles. The van der Waals surface area contributed by atoms with Crippen molar-refractivity contribution >= 4 is 16.0 Å². The molecule has 1 aromatic carbocycles. The summed E-state index contributed by atoms with van der Waals surface area (Å²) in [5, 5.41) is 3.32. The summed E-state index contributed by atoms with van der Waals surface area (Å²) < 4.78 is 27.8. The summed E-state index contributed by atoms with van der Waals surface area (Å²) >= 11 is 0. The van der Waals surface area contributed by atoms with Crippen LogP contribution in [0.3, 0.4) is 0 Å². The first-order valence-corrected chi connectivity index (χ1v) is 11.4. The standard InChI is InChI=1S/C20H32N4O2S/c1-15-8-9-16(2)19(12-15)27(25,26)23-11-10-22-20(21-3)24-13-17-6-4-5-7-18(17)14-24/h8-9,12,17-18,23H,4-7,10-11,13-14H2,1-3H3,(H,21,22). The predicted molar refractivity (Wildman–Crippen MR) is 109 cm³/mol. The van der Waals surface area contributed by atoms with Crippen LogP contribution in [0, 0.1) is 25.7 Å². The van der Waals surface area contributed by atoms with Crippen LogP contribution in [0.1, 0.15) is 36.8 Å². The number of nitrogens with one attached hydrogen (secondary N) is 2. The first kappa shape index (κ1) is 20.1. The zero-order valence-electron chi connectivity index (χ0n) is 16.7. The number of nitrogens with zero attached hydrogens (tertiary/aromatic N) is 2. The highest BCUT2D eigenvalue weighted by atomic mass is 32.2. The zero-order valence-corrected chi connectivity index (χ0v) is 17.5. The minimum atomic E-state index is -3.50. The van der Waals surface area contributed by atoms with Crippen LogP contribution >= 0.6 is 0 Å². The Morgan fingerprint density at radius 2 is 1.81 bits per heavy atom. The Labute approximate surface area is 163 Å². The Hall–Kier alpha value is -1.60. The maximum absolute atomic E-state index is 12.6. The smallest absolute Gasteiger partial charge is 0.240 e. The van der Waals surface area contributed by atoms with Crippen molar-refractivity contribution < 1.29 is 8.42 Å². The second kappa shape index (κ2) is 8.61. The molecule has 2 aliphatic rings. The fourth-order valence-electron chi connectivity index (χ4n) is 4.35. The quantitative estimate of drug-likeness (QED) is 0.458. The van der Waals surface area contributed by atoms with Crippen molar-refractivity contribution in [2.45, 2.75) is 44.4 Å². The molecule has 2 N–H and O–H groups in total. The van der Waals surface area contributed by atoms with E-state index in [-0.39, 0.29) is 0 Å². The number of hydrogen-bond acceptors (Lipinski definition) is 3. The van der Waals surface area contributed by atoms with Gasteiger partial charge in [0.05, 0.1) is 4.90 Å². The molecule has 2 atom stereocenters. The van der Waals surface area contributed by atoms with Crippen LogP contribution in [0.2, 0.25) is 0 Å². The number of likely N-dealkylation sites (tertiary alicyclic amines) is 1. The van der Waals surface area contributed by atoms with Crippen molar-refractivity contribution in [1.29, 1.82) is 0 Å².